The Balaban J connectivity index is 1.65. The Morgan fingerprint density at radius 1 is 1.00 bits per heavy atom. The van der Waals surface area contributed by atoms with Crippen LogP contribution in [0.15, 0.2) is 60.8 Å². The summed E-state index contributed by atoms with van der Waals surface area (Å²) in [5.41, 5.74) is 3.96. The van der Waals surface area contributed by atoms with Gasteiger partial charge in [0.15, 0.2) is 5.13 Å². The van der Waals surface area contributed by atoms with Crippen LogP contribution in [0.5, 0.6) is 0 Å². The Labute approximate surface area is 192 Å². The van der Waals surface area contributed by atoms with Gasteiger partial charge in [-0.1, -0.05) is 59.3 Å². The fourth-order valence-corrected chi connectivity index (χ4v) is 6.09. The maximum absolute atomic E-state index is 13.8. The average Bonchev–Trinajstić information content (AvgIpc) is 3.38. The number of rotatable bonds is 4. The van der Waals surface area contributed by atoms with Gasteiger partial charge in [-0.25, -0.2) is 4.98 Å². The van der Waals surface area contributed by atoms with E-state index in [1.54, 1.807) is 11.1 Å². The lowest BCUT2D eigenvalue weighted by Crippen LogP contribution is -2.30. The van der Waals surface area contributed by atoms with E-state index >= 15 is 0 Å². The number of hydrogen-bond donors (Lipinski definition) is 0. The Hall–Kier alpha value is -2.80. The van der Waals surface area contributed by atoms with Crippen molar-refractivity contribution in [3.8, 4) is 0 Å². The summed E-state index contributed by atoms with van der Waals surface area (Å²) < 4.78 is 2.08. The Morgan fingerprint density at radius 3 is 2.52 bits per heavy atom. The summed E-state index contributed by atoms with van der Waals surface area (Å²) >= 11 is 9.59. The minimum absolute atomic E-state index is 0.161. The molecule has 0 radical (unpaired) electrons. The lowest BCUT2D eigenvalue weighted by atomic mass is 10.1. The average molecular weight is 464 g/mol. The minimum atomic E-state index is -0.161. The van der Waals surface area contributed by atoms with Gasteiger partial charge in [-0.2, -0.15) is 0 Å². The number of fused-ring (bicyclic) bond motifs is 2. The smallest absolute Gasteiger partial charge is 0.272 e. The molecule has 0 atom stereocenters. The van der Waals surface area contributed by atoms with Crippen molar-refractivity contribution in [2.45, 2.75) is 20.4 Å². The topological polar surface area (TPSA) is 46.1 Å². The van der Waals surface area contributed by atoms with Crippen molar-refractivity contribution in [2.75, 3.05) is 4.90 Å². The molecule has 0 spiro atoms. The van der Waals surface area contributed by atoms with Crippen molar-refractivity contribution in [1.82, 2.24) is 9.97 Å². The highest BCUT2D eigenvalue weighted by molar-refractivity contribution is 7.23. The monoisotopic (exact) mass is 463 g/mol. The maximum atomic E-state index is 13.8. The van der Waals surface area contributed by atoms with Gasteiger partial charge in [-0.05, 0) is 43.2 Å². The number of thiazole rings is 1. The highest BCUT2D eigenvalue weighted by Crippen LogP contribution is 2.39. The molecular formula is C24H18ClN3OS2. The fraction of sp³-hybridized carbons (Fsp3) is 0.125. The molecule has 7 heteroatoms. The molecule has 0 aliphatic heterocycles. The van der Waals surface area contributed by atoms with Crippen LogP contribution >= 0.6 is 34.3 Å². The van der Waals surface area contributed by atoms with Gasteiger partial charge >= 0.3 is 0 Å². The number of carbonyl (C=O) groups is 1. The molecule has 0 aliphatic carbocycles. The number of hydrogen-bond acceptors (Lipinski definition) is 5. The van der Waals surface area contributed by atoms with Gasteiger partial charge < -0.3 is 0 Å². The van der Waals surface area contributed by atoms with E-state index in [0.29, 0.717) is 21.6 Å². The summed E-state index contributed by atoms with van der Waals surface area (Å²) in [5, 5.41) is 2.04. The van der Waals surface area contributed by atoms with Crippen molar-refractivity contribution >= 4 is 65.6 Å². The van der Waals surface area contributed by atoms with Crippen LogP contribution in [0, 0.1) is 13.8 Å². The van der Waals surface area contributed by atoms with Gasteiger partial charge in [0.2, 0.25) is 0 Å². The molecule has 0 unspecified atom stereocenters. The molecule has 0 aliphatic rings. The third-order valence-corrected chi connectivity index (χ3v) is 8.06. The SMILES string of the molecule is Cc1ccc(C)c2sc(N(Cc3ccccn3)C(=O)c3sc4ccccc4c3Cl)nc12. The second-order valence-electron chi connectivity index (χ2n) is 7.33. The Kier molecular flexibility index (Phi) is 5.22. The van der Waals surface area contributed by atoms with Crippen LogP contribution in [-0.2, 0) is 6.54 Å². The van der Waals surface area contributed by atoms with Crippen LogP contribution in [0.25, 0.3) is 20.3 Å². The molecular weight excluding hydrogens is 446 g/mol. The number of halogens is 1. The molecule has 154 valence electrons. The summed E-state index contributed by atoms with van der Waals surface area (Å²) in [6.07, 6.45) is 1.73. The van der Waals surface area contributed by atoms with Crippen LogP contribution in [-0.4, -0.2) is 15.9 Å². The molecule has 0 saturated carbocycles. The molecule has 0 saturated heterocycles. The zero-order valence-electron chi connectivity index (χ0n) is 16.9. The van der Waals surface area contributed by atoms with Gasteiger partial charge in [0.1, 0.15) is 4.88 Å². The van der Waals surface area contributed by atoms with E-state index in [9.17, 15) is 4.79 Å². The van der Waals surface area contributed by atoms with Gasteiger partial charge in [0.05, 0.1) is 27.5 Å². The molecule has 3 aromatic heterocycles. The molecule has 0 N–H and O–H groups in total. The first-order valence-corrected chi connectivity index (χ1v) is 11.8. The molecule has 5 aromatic rings. The fourth-order valence-electron chi connectivity index (χ4n) is 3.52. The van der Waals surface area contributed by atoms with Crippen molar-refractivity contribution in [1.29, 1.82) is 0 Å². The van der Waals surface area contributed by atoms with E-state index in [1.807, 2.05) is 49.4 Å². The standard InChI is InChI=1S/C24H18ClN3OS2/c1-14-10-11-15(2)21-20(14)27-24(31-21)28(13-16-7-5-6-12-26-16)23(29)22-19(25)17-8-3-4-9-18(17)30-22/h3-12H,13H2,1-2H3. The molecule has 31 heavy (non-hydrogen) atoms. The first-order chi connectivity index (χ1) is 15.0. The maximum Gasteiger partial charge on any atom is 0.272 e. The summed E-state index contributed by atoms with van der Waals surface area (Å²) in [6, 6.07) is 17.7. The van der Waals surface area contributed by atoms with Crippen molar-refractivity contribution in [2.24, 2.45) is 0 Å². The number of carbonyl (C=O) groups excluding carboxylic acids is 1. The van der Waals surface area contributed by atoms with Crippen LogP contribution in [0.1, 0.15) is 26.5 Å². The zero-order valence-corrected chi connectivity index (χ0v) is 19.3. The first kappa shape index (κ1) is 20.1. The third kappa shape index (κ3) is 3.61. The van der Waals surface area contributed by atoms with E-state index in [2.05, 4.69) is 24.0 Å². The van der Waals surface area contributed by atoms with Gasteiger partial charge in [0, 0.05) is 16.3 Å². The highest BCUT2D eigenvalue weighted by Gasteiger charge is 2.27. The largest absolute Gasteiger partial charge is 0.277 e. The molecule has 3 heterocycles. The van der Waals surface area contributed by atoms with Gasteiger partial charge in [-0.15, -0.1) is 11.3 Å². The molecule has 4 nitrogen and oxygen atoms in total. The summed E-state index contributed by atoms with van der Waals surface area (Å²) in [5.74, 6) is -0.161. The normalized spacial score (nSPS) is 11.3. The molecule has 5 rings (SSSR count). The van der Waals surface area contributed by atoms with E-state index < -0.39 is 0 Å². The first-order valence-electron chi connectivity index (χ1n) is 9.78. The van der Waals surface area contributed by atoms with Crippen LogP contribution in [0.4, 0.5) is 5.13 Å². The van der Waals surface area contributed by atoms with E-state index in [1.165, 1.54) is 22.7 Å². The second-order valence-corrected chi connectivity index (χ2v) is 9.73. The quantitative estimate of drug-likeness (QED) is 0.287. The molecule has 1 amide bonds. The third-order valence-electron chi connectivity index (χ3n) is 5.18. The number of pyridine rings is 1. The summed E-state index contributed by atoms with van der Waals surface area (Å²) in [4.78, 5) is 25.3. The van der Waals surface area contributed by atoms with E-state index in [-0.39, 0.29) is 5.91 Å². The molecule has 0 bridgehead atoms. The lowest BCUT2D eigenvalue weighted by molar-refractivity contribution is 0.0989. The number of aryl methyl sites for hydroxylation is 2. The van der Waals surface area contributed by atoms with Gasteiger partial charge in [0.25, 0.3) is 5.91 Å². The number of thiophene rings is 1. The predicted molar refractivity (Wildman–Crippen MR) is 131 cm³/mol. The van der Waals surface area contributed by atoms with Crippen LogP contribution in [0.3, 0.4) is 0 Å². The molecule has 0 fully saturated rings. The number of benzene rings is 2. The van der Waals surface area contributed by atoms with Crippen LogP contribution in [0.2, 0.25) is 5.02 Å². The van der Waals surface area contributed by atoms with E-state index in [0.717, 1.165) is 37.1 Å². The zero-order chi connectivity index (χ0) is 21.5. The minimum Gasteiger partial charge on any atom is -0.277 e. The Bertz CT molecular complexity index is 1390. The van der Waals surface area contributed by atoms with Gasteiger partial charge in [-0.3, -0.25) is 14.7 Å². The second kappa shape index (κ2) is 8.04. The van der Waals surface area contributed by atoms with Crippen LogP contribution < -0.4 is 4.90 Å². The number of nitrogens with zero attached hydrogens (tertiary/aromatic N) is 3. The van der Waals surface area contributed by atoms with Crippen molar-refractivity contribution in [3.05, 3.63) is 87.5 Å². The highest BCUT2D eigenvalue weighted by atomic mass is 35.5. The summed E-state index contributed by atoms with van der Waals surface area (Å²) in [6.45, 7) is 4.43. The molecule has 2 aromatic carbocycles. The lowest BCUT2D eigenvalue weighted by Gasteiger charge is -2.19. The number of amides is 1. The number of anilines is 1. The van der Waals surface area contributed by atoms with Crippen molar-refractivity contribution < 1.29 is 4.79 Å². The van der Waals surface area contributed by atoms with E-state index in [4.69, 9.17) is 16.6 Å². The number of aromatic nitrogens is 2. The Morgan fingerprint density at radius 2 is 1.77 bits per heavy atom. The summed E-state index contributed by atoms with van der Waals surface area (Å²) in [7, 11) is 0. The van der Waals surface area contributed by atoms with Crippen molar-refractivity contribution in [3.63, 3.8) is 0 Å². The predicted octanol–water partition coefficient (Wildman–Crippen LogP) is 7.02.